The summed E-state index contributed by atoms with van der Waals surface area (Å²) in [5.41, 5.74) is 5.85. The number of Topliss-reactive ketones (excluding diaryl/α,β-unsaturated/α-hetero) is 1. The standard InChI is InChI=1S/C22H23FN2O2S2.C14H17NOS/c1-14(26)29-20-8-9-25(12-16(20)10-17-11-24-13-28-17)21(22(27)15-6-7-15)18-4-2-3-5-19(18)23;1-11(16)17-14-7-8-15-10-13(14)9-12-5-3-2-4-6-12/h2-5,10-11,13,15,20-21H,6-9,12H2,1H3;2-6,9,14-15H,7-8,10H2,1H3/b16-10+;13-9+. The van der Waals surface area contributed by atoms with E-state index < -0.39 is 6.04 Å². The Labute approximate surface area is 283 Å². The number of nitrogens with one attached hydrogen (secondary N) is 1. The lowest BCUT2D eigenvalue weighted by atomic mass is 9.93. The lowest BCUT2D eigenvalue weighted by Crippen LogP contribution is -2.43. The van der Waals surface area contributed by atoms with Gasteiger partial charge in [-0.05, 0) is 61.1 Å². The van der Waals surface area contributed by atoms with Crippen LogP contribution >= 0.6 is 34.9 Å². The number of carbonyl (C=O) groups excluding carboxylic acids is 3. The first kappa shape index (κ1) is 34.4. The molecule has 3 heterocycles. The molecule has 6 rings (SSSR count). The molecule has 2 saturated heterocycles. The number of likely N-dealkylation sites (tertiary alicyclic amines) is 1. The van der Waals surface area contributed by atoms with Crippen molar-refractivity contribution >= 4 is 63.0 Å². The van der Waals surface area contributed by atoms with Gasteiger partial charge in [-0.25, -0.2) is 4.39 Å². The molecule has 3 aromatic rings. The van der Waals surface area contributed by atoms with Gasteiger partial charge in [0, 0.05) is 66.5 Å². The van der Waals surface area contributed by atoms with Crippen molar-refractivity contribution in [3.05, 3.63) is 99.3 Å². The zero-order valence-corrected chi connectivity index (χ0v) is 28.6. The number of piperidine rings is 2. The number of carbonyl (C=O) groups is 3. The summed E-state index contributed by atoms with van der Waals surface area (Å²) in [5, 5.41) is 4.07. The van der Waals surface area contributed by atoms with Crippen LogP contribution in [0.15, 0.2) is 77.5 Å². The molecular weight excluding hydrogens is 638 g/mol. The number of halogens is 1. The Morgan fingerprint density at radius 1 is 0.935 bits per heavy atom. The summed E-state index contributed by atoms with van der Waals surface area (Å²) < 4.78 is 14.6. The zero-order chi connectivity index (χ0) is 32.5. The van der Waals surface area contributed by atoms with Crippen LogP contribution in [0.25, 0.3) is 12.2 Å². The fourth-order valence-electron chi connectivity index (χ4n) is 5.88. The van der Waals surface area contributed by atoms with Crippen LogP contribution < -0.4 is 5.32 Å². The third-order valence-electron chi connectivity index (χ3n) is 8.17. The van der Waals surface area contributed by atoms with E-state index in [2.05, 4.69) is 39.5 Å². The van der Waals surface area contributed by atoms with Crippen LogP contribution in [-0.4, -0.2) is 62.6 Å². The summed E-state index contributed by atoms with van der Waals surface area (Å²) in [6, 6.07) is 16.3. The summed E-state index contributed by atoms with van der Waals surface area (Å²) >= 11 is 4.33. The third-order valence-corrected chi connectivity index (χ3v) is 11.2. The molecule has 1 aliphatic carbocycles. The first-order chi connectivity index (χ1) is 22.3. The van der Waals surface area contributed by atoms with E-state index in [1.807, 2.05) is 18.2 Å². The molecule has 6 nitrogen and oxygen atoms in total. The second kappa shape index (κ2) is 16.8. The van der Waals surface area contributed by atoms with Crippen LogP contribution in [0.4, 0.5) is 4.39 Å². The van der Waals surface area contributed by atoms with Crippen molar-refractivity contribution in [2.45, 2.75) is 56.1 Å². The Balaban J connectivity index is 0.000000209. The fraction of sp³-hybridized carbons (Fsp3) is 0.389. The predicted molar refractivity (Wildman–Crippen MR) is 189 cm³/mol. The van der Waals surface area contributed by atoms with Gasteiger partial charge in [-0.15, -0.1) is 11.3 Å². The molecule has 0 bridgehead atoms. The number of nitrogens with zero attached hydrogens (tertiary/aromatic N) is 2. The maximum atomic E-state index is 14.6. The van der Waals surface area contributed by atoms with Crippen LogP contribution in [0.3, 0.4) is 0 Å². The molecule has 0 radical (unpaired) electrons. The normalized spacial score (nSPS) is 22.6. The van der Waals surface area contributed by atoms with E-state index in [4.69, 9.17) is 0 Å². The van der Waals surface area contributed by atoms with E-state index in [0.717, 1.165) is 49.2 Å². The largest absolute Gasteiger partial charge is 0.313 e. The molecule has 3 fully saturated rings. The Morgan fingerprint density at radius 2 is 1.63 bits per heavy atom. The summed E-state index contributed by atoms with van der Waals surface area (Å²) in [7, 11) is 0. The zero-order valence-electron chi connectivity index (χ0n) is 26.2. The quantitative estimate of drug-likeness (QED) is 0.264. The first-order valence-electron chi connectivity index (χ1n) is 15.7. The van der Waals surface area contributed by atoms with Crippen LogP contribution in [0.1, 0.15) is 61.6 Å². The average molecular weight is 678 g/mol. The molecule has 242 valence electrons. The summed E-state index contributed by atoms with van der Waals surface area (Å²) in [4.78, 5) is 43.4. The molecular formula is C36H40FN3O3S3. The van der Waals surface area contributed by atoms with Gasteiger partial charge in [0.2, 0.25) is 0 Å². The van der Waals surface area contributed by atoms with E-state index in [-0.39, 0.29) is 33.0 Å². The number of thiazole rings is 1. The van der Waals surface area contributed by atoms with E-state index >= 15 is 0 Å². The number of rotatable bonds is 8. The Kier molecular flexibility index (Phi) is 12.6. The minimum Gasteiger partial charge on any atom is -0.313 e. The molecule has 1 saturated carbocycles. The molecule has 0 spiro atoms. The number of hydrogen-bond acceptors (Lipinski definition) is 9. The van der Waals surface area contributed by atoms with E-state index in [1.54, 1.807) is 55.1 Å². The highest BCUT2D eigenvalue weighted by Crippen LogP contribution is 2.41. The van der Waals surface area contributed by atoms with Crippen LogP contribution in [0.5, 0.6) is 0 Å². The molecule has 2 aromatic carbocycles. The summed E-state index contributed by atoms with van der Waals surface area (Å²) in [6.07, 6.45) is 9.64. The van der Waals surface area contributed by atoms with Gasteiger partial charge in [-0.3, -0.25) is 24.3 Å². The minimum absolute atomic E-state index is 0.0397. The molecule has 10 heteroatoms. The van der Waals surface area contributed by atoms with Crippen LogP contribution in [0.2, 0.25) is 0 Å². The van der Waals surface area contributed by atoms with Gasteiger partial charge >= 0.3 is 0 Å². The van der Waals surface area contributed by atoms with E-state index in [9.17, 15) is 18.8 Å². The number of benzene rings is 2. The van der Waals surface area contributed by atoms with Crippen molar-refractivity contribution in [2.75, 3.05) is 26.2 Å². The Bertz CT molecular complexity index is 1560. The number of thioether (sulfide) groups is 2. The molecule has 3 unspecified atom stereocenters. The second-order valence-electron chi connectivity index (χ2n) is 11.8. The maximum absolute atomic E-state index is 14.6. The minimum atomic E-state index is -0.572. The maximum Gasteiger partial charge on any atom is 0.186 e. The van der Waals surface area contributed by atoms with Crippen molar-refractivity contribution in [3.63, 3.8) is 0 Å². The van der Waals surface area contributed by atoms with Crippen molar-refractivity contribution < 1.29 is 18.8 Å². The van der Waals surface area contributed by atoms with Crippen LogP contribution in [0, 0.1) is 11.7 Å². The predicted octanol–water partition coefficient (Wildman–Crippen LogP) is 7.45. The molecule has 1 N–H and O–H groups in total. The molecule has 46 heavy (non-hydrogen) atoms. The lowest BCUT2D eigenvalue weighted by molar-refractivity contribution is -0.126. The molecule has 3 atom stereocenters. The monoisotopic (exact) mass is 677 g/mol. The van der Waals surface area contributed by atoms with E-state index in [0.29, 0.717) is 23.9 Å². The SMILES string of the molecule is CC(=O)SC1CCN(C(C(=O)C2CC2)c2ccccc2F)C/C1=C\c1cncs1.CC(=O)SC1CCNC/C1=C\c1ccccc1. The lowest BCUT2D eigenvalue weighted by Gasteiger charge is -2.38. The highest BCUT2D eigenvalue weighted by molar-refractivity contribution is 8.14. The van der Waals surface area contributed by atoms with Crippen molar-refractivity contribution in [2.24, 2.45) is 5.92 Å². The Hall–Kier alpha value is -2.89. The van der Waals surface area contributed by atoms with Gasteiger partial charge in [0.15, 0.2) is 16.0 Å². The third kappa shape index (κ3) is 9.81. The molecule has 0 amide bonds. The average Bonchev–Trinajstić information content (AvgIpc) is 3.77. The molecule has 2 aliphatic heterocycles. The van der Waals surface area contributed by atoms with E-state index in [1.165, 1.54) is 40.7 Å². The van der Waals surface area contributed by atoms with Crippen molar-refractivity contribution in [1.82, 2.24) is 15.2 Å². The number of aromatic nitrogens is 1. The van der Waals surface area contributed by atoms with Gasteiger partial charge in [-0.1, -0.05) is 78.1 Å². The van der Waals surface area contributed by atoms with Gasteiger partial charge < -0.3 is 5.32 Å². The molecule has 3 aliphatic rings. The second-order valence-corrected chi connectivity index (χ2v) is 15.5. The number of hydrogen-bond donors (Lipinski definition) is 1. The number of ketones is 1. The topological polar surface area (TPSA) is 79.4 Å². The van der Waals surface area contributed by atoms with Gasteiger partial charge in [-0.2, -0.15) is 0 Å². The fourth-order valence-corrected chi connectivity index (χ4v) is 8.32. The smallest absolute Gasteiger partial charge is 0.186 e. The van der Waals surface area contributed by atoms with Crippen molar-refractivity contribution in [1.29, 1.82) is 0 Å². The molecule has 1 aromatic heterocycles. The highest BCUT2D eigenvalue weighted by Gasteiger charge is 2.41. The van der Waals surface area contributed by atoms with Gasteiger partial charge in [0.25, 0.3) is 0 Å². The summed E-state index contributed by atoms with van der Waals surface area (Å²) in [6.45, 7) is 6.31. The highest BCUT2D eigenvalue weighted by atomic mass is 32.2. The Morgan fingerprint density at radius 3 is 2.28 bits per heavy atom. The van der Waals surface area contributed by atoms with Gasteiger partial charge in [0.1, 0.15) is 5.82 Å². The first-order valence-corrected chi connectivity index (χ1v) is 18.3. The van der Waals surface area contributed by atoms with Gasteiger partial charge in [0.05, 0.1) is 11.6 Å². The van der Waals surface area contributed by atoms with Crippen LogP contribution in [-0.2, 0) is 14.4 Å². The summed E-state index contributed by atoms with van der Waals surface area (Å²) in [5.74, 6) is -0.178. The van der Waals surface area contributed by atoms with Crippen molar-refractivity contribution in [3.8, 4) is 0 Å².